The van der Waals surface area contributed by atoms with Crippen LogP contribution in [0, 0.1) is 0 Å². The van der Waals surface area contributed by atoms with Gasteiger partial charge in [-0.3, -0.25) is 19.2 Å². The molecule has 0 aromatic heterocycles. The van der Waals surface area contributed by atoms with Crippen molar-refractivity contribution in [2.75, 3.05) is 18.5 Å². The fraction of sp³-hybridized carbons (Fsp3) is 0.200. The van der Waals surface area contributed by atoms with Crippen molar-refractivity contribution in [1.82, 2.24) is 5.32 Å². The lowest BCUT2D eigenvalue weighted by molar-refractivity contribution is -0.118. The van der Waals surface area contributed by atoms with Gasteiger partial charge in [-0.15, -0.1) is 0 Å². The van der Waals surface area contributed by atoms with Crippen molar-refractivity contribution < 1.29 is 23.9 Å². The molecule has 0 unspecified atom stereocenters. The van der Waals surface area contributed by atoms with Gasteiger partial charge in [0.05, 0.1) is 6.54 Å². The van der Waals surface area contributed by atoms with Crippen LogP contribution in [0.4, 0.5) is 5.69 Å². The zero-order valence-electron chi connectivity index (χ0n) is 15.4. The van der Waals surface area contributed by atoms with Crippen molar-refractivity contribution in [2.24, 2.45) is 5.73 Å². The molecule has 0 bridgehead atoms. The fourth-order valence-corrected chi connectivity index (χ4v) is 2.26. The first-order chi connectivity index (χ1) is 13.4. The van der Waals surface area contributed by atoms with Crippen LogP contribution in [0.15, 0.2) is 48.5 Å². The average Bonchev–Trinajstić information content (AvgIpc) is 2.70. The van der Waals surface area contributed by atoms with Crippen molar-refractivity contribution in [3.63, 3.8) is 0 Å². The molecule has 0 aliphatic heterocycles. The quantitative estimate of drug-likeness (QED) is 0.566. The van der Waals surface area contributed by atoms with Gasteiger partial charge in [0.15, 0.2) is 12.4 Å². The van der Waals surface area contributed by atoms with Gasteiger partial charge in [0.25, 0.3) is 11.8 Å². The number of nitrogens with two attached hydrogens (primary N) is 1. The lowest BCUT2D eigenvalue weighted by atomic mass is 10.1. The maximum absolute atomic E-state index is 12.0. The molecule has 146 valence electrons. The van der Waals surface area contributed by atoms with Gasteiger partial charge in [0.1, 0.15) is 5.75 Å². The second-order valence-electron chi connectivity index (χ2n) is 5.86. The highest BCUT2D eigenvalue weighted by atomic mass is 16.5. The van der Waals surface area contributed by atoms with E-state index < -0.39 is 11.8 Å². The average molecular weight is 383 g/mol. The maximum Gasteiger partial charge on any atom is 0.262 e. The van der Waals surface area contributed by atoms with E-state index in [4.69, 9.17) is 10.5 Å². The number of hydrogen-bond donors (Lipinski definition) is 3. The molecule has 0 aliphatic rings. The Hall–Kier alpha value is -3.68. The Labute approximate surface area is 162 Å². The number of ether oxygens (including phenoxy) is 1. The SMILES string of the molecule is CCC(=O)c1ccc(OCC(=O)Nc2ccc(C(=O)NCC(N)=O)cc2)cc1. The summed E-state index contributed by atoms with van der Waals surface area (Å²) in [6, 6.07) is 12.7. The number of carbonyl (C=O) groups is 4. The molecule has 0 saturated heterocycles. The van der Waals surface area contributed by atoms with Crippen molar-refractivity contribution >= 4 is 29.2 Å². The number of Topliss-reactive ketones (excluding diaryl/α,β-unsaturated/α-hetero) is 1. The number of amides is 3. The summed E-state index contributed by atoms with van der Waals surface area (Å²) in [7, 11) is 0. The molecule has 2 aromatic rings. The van der Waals surface area contributed by atoms with Gasteiger partial charge in [0, 0.05) is 23.2 Å². The van der Waals surface area contributed by atoms with Crippen molar-refractivity contribution in [3.05, 3.63) is 59.7 Å². The minimum atomic E-state index is -0.635. The van der Waals surface area contributed by atoms with Crippen LogP contribution in [-0.4, -0.2) is 36.7 Å². The summed E-state index contributed by atoms with van der Waals surface area (Å²) in [4.78, 5) is 46.0. The van der Waals surface area contributed by atoms with E-state index in [1.807, 2.05) is 0 Å². The summed E-state index contributed by atoms with van der Waals surface area (Å²) in [6.07, 6.45) is 0.425. The number of rotatable bonds is 9. The van der Waals surface area contributed by atoms with Gasteiger partial charge in [0.2, 0.25) is 5.91 Å². The smallest absolute Gasteiger partial charge is 0.262 e. The molecule has 3 amide bonds. The van der Waals surface area contributed by atoms with Crippen LogP contribution in [0.3, 0.4) is 0 Å². The molecule has 2 aromatic carbocycles. The highest BCUT2D eigenvalue weighted by Crippen LogP contribution is 2.14. The van der Waals surface area contributed by atoms with E-state index in [0.29, 0.717) is 29.0 Å². The van der Waals surface area contributed by atoms with Gasteiger partial charge < -0.3 is 21.1 Å². The molecule has 28 heavy (non-hydrogen) atoms. The molecule has 8 heteroatoms. The molecule has 0 radical (unpaired) electrons. The highest BCUT2D eigenvalue weighted by molar-refractivity contribution is 5.97. The van der Waals surface area contributed by atoms with Crippen molar-refractivity contribution in [3.8, 4) is 5.75 Å². The number of ketones is 1. The van der Waals surface area contributed by atoms with Gasteiger partial charge in [-0.2, -0.15) is 0 Å². The lowest BCUT2D eigenvalue weighted by Gasteiger charge is -2.09. The fourth-order valence-electron chi connectivity index (χ4n) is 2.26. The van der Waals surface area contributed by atoms with Crippen molar-refractivity contribution in [2.45, 2.75) is 13.3 Å². The molecule has 0 spiro atoms. The van der Waals surface area contributed by atoms with E-state index >= 15 is 0 Å². The second kappa shape index (κ2) is 9.86. The van der Waals surface area contributed by atoms with Crippen LogP contribution in [0.2, 0.25) is 0 Å². The zero-order chi connectivity index (χ0) is 20.5. The normalized spacial score (nSPS) is 10.0. The molecule has 0 aliphatic carbocycles. The molecule has 0 atom stereocenters. The Balaban J connectivity index is 1.83. The molecule has 2 rings (SSSR count). The van der Waals surface area contributed by atoms with Gasteiger partial charge in [-0.25, -0.2) is 0 Å². The Morgan fingerprint density at radius 1 is 0.929 bits per heavy atom. The number of nitrogens with one attached hydrogen (secondary N) is 2. The molecular weight excluding hydrogens is 362 g/mol. The van der Waals surface area contributed by atoms with E-state index in [2.05, 4.69) is 10.6 Å². The van der Waals surface area contributed by atoms with E-state index in [1.165, 1.54) is 12.1 Å². The van der Waals surface area contributed by atoms with E-state index in [-0.39, 0.29) is 24.8 Å². The lowest BCUT2D eigenvalue weighted by Crippen LogP contribution is -2.33. The topological polar surface area (TPSA) is 128 Å². The Bertz CT molecular complexity index is 860. The van der Waals surface area contributed by atoms with Crippen LogP contribution >= 0.6 is 0 Å². The summed E-state index contributed by atoms with van der Waals surface area (Å²) < 4.78 is 5.39. The Morgan fingerprint density at radius 2 is 1.54 bits per heavy atom. The summed E-state index contributed by atoms with van der Waals surface area (Å²) in [5.74, 6) is -0.936. The second-order valence-corrected chi connectivity index (χ2v) is 5.86. The molecule has 0 saturated carbocycles. The van der Waals surface area contributed by atoms with Crippen LogP contribution in [0.25, 0.3) is 0 Å². The molecule has 0 heterocycles. The van der Waals surface area contributed by atoms with E-state index in [1.54, 1.807) is 43.3 Å². The molecular formula is C20H21N3O5. The number of benzene rings is 2. The first-order valence-corrected chi connectivity index (χ1v) is 8.61. The molecule has 0 fully saturated rings. The molecule has 4 N–H and O–H groups in total. The monoisotopic (exact) mass is 383 g/mol. The van der Waals surface area contributed by atoms with Gasteiger partial charge in [-0.05, 0) is 48.5 Å². The number of anilines is 1. The highest BCUT2D eigenvalue weighted by Gasteiger charge is 2.08. The summed E-state index contributed by atoms with van der Waals surface area (Å²) >= 11 is 0. The van der Waals surface area contributed by atoms with E-state index in [0.717, 1.165) is 0 Å². The predicted molar refractivity (Wildman–Crippen MR) is 103 cm³/mol. The number of primary amides is 1. The van der Waals surface area contributed by atoms with Crippen molar-refractivity contribution in [1.29, 1.82) is 0 Å². The van der Waals surface area contributed by atoms with Crippen LogP contribution in [-0.2, 0) is 9.59 Å². The van der Waals surface area contributed by atoms with Crippen LogP contribution < -0.4 is 21.1 Å². The van der Waals surface area contributed by atoms with Gasteiger partial charge in [-0.1, -0.05) is 6.92 Å². The Morgan fingerprint density at radius 3 is 2.11 bits per heavy atom. The summed E-state index contributed by atoms with van der Waals surface area (Å²) in [5, 5.41) is 5.01. The van der Waals surface area contributed by atoms with E-state index in [9.17, 15) is 19.2 Å². The summed E-state index contributed by atoms with van der Waals surface area (Å²) in [5.41, 5.74) is 6.38. The number of hydrogen-bond acceptors (Lipinski definition) is 5. The summed E-state index contributed by atoms with van der Waals surface area (Å²) in [6.45, 7) is 1.33. The maximum atomic E-state index is 12.0. The van der Waals surface area contributed by atoms with Gasteiger partial charge >= 0.3 is 0 Å². The minimum Gasteiger partial charge on any atom is -0.484 e. The third-order valence-electron chi connectivity index (χ3n) is 3.72. The first-order valence-electron chi connectivity index (χ1n) is 8.61. The van der Waals surface area contributed by atoms with Crippen LogP contribution in [0.1, 0.15) is 34.1 Å². The predicted octanol–water partition coefficient (Wildman–Crippen LogP) is 1.51. The zero-order valence-corrected chi connectivity index (χ0v) is 15.4. The Kier molecular flexibility index (Phi) is 7.27. The third kappa shape index (κ3) is 6.24. The van der Waals surface area contributed by atoms with Crippen LogP contribution in [0.5, 0.6) is 5.75 Å². The minimum absolute atomic E-state index is 0.0380. The largest absolute Gasteiger partial charge is 0.484 e. The third-order valence-corrected chi connectivity index (χ3v) is 3.72. The molecule has 8 nitrogen and oxygen atoms in total. The first kappa shape index (κ1) is 20.6. The number of carbonyl (C=O) groups excluding carboxylic acids is 4. The standard InChI is InChI=1S/C20H21N3O5/c1-2-17(24)13-5-9-16(10-6-13)28-12-19(26)23-15-7-3-14(4-8-15)20(27)22-11-18(21)25/h3-10H,2,11-12H2,1H3,(H2,21,25)(H,22,27)(H,23,26).